The molecule has 1 aromatic heterocycles. The second-order valence-electron chi connectivity index (χ2n) is 3.11. The zero-order chi connectivity index (χ0) is 13.9. The number of nitrogens with zero attached hydrogens (tertiary/aromatic N) is 2. The molecule has 1 rings (SSSR count). The van der Waals surface area contributed by atoms with Crippen molar-refractivity contribution < 1.29 is 23.2 Å². The Balaban J connectivity index is 3.38. The summed E-state index contributed by atoms with van der Waals surface area (Å²) in [5.74, 6) is -1.72. The molecule has 0 aliphatic carbocycles. The van der Waals surface area contributed by atoms with Crippen molar-refractivity contribution in [2.75, 3.05) is 12.3 Å². The monoisotopic (exact) mass is 261 g/mol. The van der Waals surface area contributed by atoms with Crippen LogP contribution in [0.15, 0.2) is 6.07 Å². The number of nitrogens with two attached hydrogens (primary N) is 1. The first kappa shape index (κ1) is 13.7. The Bertz CT molecular complexity index is 493. The molecule has 1 heterocycles. The summed E-state index contributed by atoms with van der Waals surface area (Å²) in [7, 11) is 0. The SMILES string of the molecule is CCOC(=O)c1nc(N)c([N+](=O)[O-])cc1C(F)F. The molecule has 0 amide bonds. The van der Waals surface area contributed by atoms with Crippen LogP contribution in [0.3, 0.4) is 0 Å². The first-order chi connectivity index (χ1) is 8.38. The molecule has 0 saturated carbocycles. The Morgan fingerprint density at radius 3 is 2.72 bits per heavy atom. The van der Waals surface area contributed by atoms with Gasteiger partial charge in [0.25, 0.3) is 6.43 Å². The van der Waals surface area contributed by atoms with Crippen molar-refractivity contribution in [2.24, 2.45) is 0 Å². The van der Waals surface area contributed by atoms with Gasteiger partial charge in [0.1, 0.15) is 0 Å². The summed E-state index contributed by atoms with van der Waals surface area (Å²) in [6.07, 6.45) is -3.10. The molecule has 18 heavy (non-hydrogen) atoms. The van der Waals surface area contributed by atoms with E-state index < -0.39 is 40.1 Å². The van der Waals surface area contributed by atoms with Crippen LogP contribution in [0.1, 0.15) is 29.4 Å². The summed E-state index contributed by atoms with van der Waals surface area (Å²) in [4.78, 5) is 24.2. The van der Waals surface area contributed by atoms with Crippen LogP contribution in [0, 0.1) is 10.1 Å². The van der Waals surface area contributed by atoms with Crippen LogP contribution in [-0.2, 0) is 4.74 Å². The average Bonchev–Trinajstić information content (AvgIpc) is 2.27. The summed E-state index contributed by atoms with van der Waals surface area (Å²) in [6.45, 7) is 1.44. The van der Waals surface area contributed by atoms with E-state index in [1.165, 1.54) is 6.92 Å². The minimum absolute atomic E-state index is 0.0416. The number of ether oxygens (including phenoxy) is 1. The largest absolute Gasteiger partial charge is 0.461 e. The number of carbonyl (C=O) groups is 1. The van der Waals surface area contributed by atoms with Crippen molar-refractivity contribution in [1.82, 2.24) is 4.98 Å². The first-order valence-corrected chi connectivity index (χ1v) is 4.78. The third kappa shape index (κ3) is 2.67. The Hall–Kier alpha value is -2.32. The van der Waals surface area contributed by atoms with Crippen LogP contribution < -0.4 is 5.73 Å². The highest BCUT2D eigenvalue weighted by Gasteiger charge is 2.27. The molecule has 98 valence electrons. The topological polar surface area (TPSA) is 108 Å². The maximum Gasteiger partial charge on any atom is 0.357 e. The van der Waals surface area contributed by atoms with Gasteiger partial charge < -0.3 is 10.5 Å². The number of nitro groups is 1. The zero-order valence-electron chi connectivity index (χ0n) is 9.22. The summed E-state index contributed by atoms with van der Waals surface area (Å²) in [5, 5.41) is 10.5. The normalized spacial score (nSPS) is 10.4. The quantitative estimate of drug-likeness (QED) is 0.501. The molecule has 0 aromatic carbocycles. The highest BCUT2D eigenvalue weighted by atomic mass is 19.3. The van der Waals surface area contributed by atoms with Gasteiger partial charge >= 0.3 is 11.7 Å². The fourth-order valence-corrected chi connectivity index (χ4v) is 1.21. The molecule has 0 bridgehead atoms. The van der Waals surface area contributed by atoms with E-state index in [0.29, 0.717) is 6.07 Å². The van der Waals surface area contributed by atoms with Crippen LogP contribution in [0.5, 0.6) is 0 Å². The van der Waals surface area contributed by atoms with Gasteiger partial charge in [-0.1, -0.05) is 0 Å². The molecule has 9 heteroatoms. The number of carbonyl (C=O) groups excluding carboxylic acids is 1. The average molecular weight is 261 g/mol. The van der Waals surface area contributed by atoms with E-state index in [9.17, 15) is 23.7 Å². The lowest BCUT2D eigenvalue weighted by atomic mass is 10.1. The van der Waals surface area contributed by atoms with Gasteiger partial charge in [0, 0.05) is 6.07 Å². The van der Waals surface area contributed by atoms with E-state index in [-0.39, 0.29) is 6.61 Å². The standard InChI is InChI=1S/C9H9F2N3O4/c1-2-18-9(15)6-4(7(10)11)3-5(14(16)17)8(12)13-6/h3,7H,2H2,1H3,(H2,12,13). The van der Waals surface area contributed by atoms with Crippen LogP contribution in [0.25, 0.3) is 0 Å². The Morgan fingerprint density at radius 2 is 2.28 bits per heavy atom. The van der Waals surface area contributed by atoms with Crippen molar-refractivity contribution in [3.8, 4) is 0 Å². The molecule has 0 saturated heterocycles. The fourth-order valence-electron chi connectivity index (χ4n) is 1.21. The molecule has 2 N–H and O–H groups in total. The molecular weight excluding hydrogens is 252 g/mol. The van der Waals surface area contributed by atoms with Crippen molar-refractivity contribution in [3.05, 3.63) is 27.4 Å². The smallest absolute Gasteiger partial charge is 0.357 e. The van der Waals surface area contributed by atoms with Crippen molar-refractivity contribution in [2.45, 2.75) is 13.3 Å². The first-order valence-electron chi connectivity index (χ1n) is 4.78. The molecule has 0 radical (unpaired) electrons. The Morgan fingerprint density at radius 1 is 1.67 bits per heavy atom. The minimum Gasteiger partial charge on any atom is -0.461 e. The summed E-state index contributed by atoms with van der Waals surface area (Å²) in [6, 6.07) is 0.527. The number of esters is 1. The molecule has 1 aromatic rings. The minimum atomic E-state index is -3.10. The van der Waals surface area contributed by atoms with Gasteiger partial charge in [-0.05, 0) is 6.92 Å². The summed E-state index contributed by atoms with van der Waals surface area (Å²) >= 11 is 0. The molecule has 0 unspecified atom stereocenters. The summed E-state index contributed by atoms with van der Waals surface area (Å²) in [5.41, 5.74) is 2.85. The molecule has 7 nitrogen and oxygen atoms in total. The van der Waals surface area contributed by atoms with Crippen molar-refractivity contribution in [1.29, 1.82) is 0 Å². The molecule has 0 aliphatic heterocycles. The number of aromatic nitrogens is 1. The van der Waals surface area contributed by atoms with E-state index in [1.54, 1.807) is 0 Å². The second kappa shape index (κ2) is 5.34. The third-order valence-corrected chi connectivity index (χ3v) is 1.96. The number of hydrogen-bond donors (Lipinski definition) is 1. The maximum atomic E-state index is 12.7. The van der Waals surface area contributed by atoms with Gasteiger partial charge in [-0.25, -0.2) is 18.6 Å². The number of nitrogen functional groups attached to an aromatic ring is 1. The lowest BCUT2D eigenvalue weighted by Gasteiger charge is -2.08. The zero-order valence-corrected chi connectivity index (χ0v) is 9.22. The highest BCUT2D eigenvalue weighted by molar-refractivity contribution is 5.90. The van der Waals surface area contributed by atoms with E-state index in [0.717, 1.165) is 0 Å². The van der Waals surface area contributed by atoms with E-state index in [1.807, 2.05) is 0 Å². The van der Waals surface area contributed by atoms with Gasteiger partial charge in [0.15, 0.2) is 5.69 Å². The predicted octanol–water partition coefficient (Wildman–Crippen LogP) is 1.69. The molecule has 0 fully saturated rings. The number of alkyl halides is 2. The van der Waals surface area contributed by atoms with Crippen LogP contribution in [0.2, 0.25) is 0 Å². The Kier molecular flexibility index (Phi) is 4.08. The van der Waals surface area contributed by atoms with Crippen LogP contribution in [0.4, 0.5) is 20.3 Å². The number of rotatable bonds is 4. The van der Waals surface area contributed by atoms with E-state index in [4.69, 9.17) is 5.73 Å². The highest BCUT2D eigenvalue weighted by Crippen LogP contribution is 2.29. The molecule has 0 spiro atoms. The van der Waals surface area contributed by atoms with Gasteiger partial charge in [0.2, 0.25) is 5.82 Å². The van der Waals surface area contributed by atoms with Gasteiger partial charge in [-0.2, -0.15) is 0 Å². The molecule has 0 atom stereocenters. The molecular formula is C9H9F2N3O4. The number of halogens is 2. The van der Waals surface area contributed by atoms with E-state index >= 15 is 0 Å². The summed E-state index contributed by atoms with van der Waals surface area (Å²) < 4.78 is 29.9. The lowest BCUT2D eigenvalue weighted by Crippen LogP contribution is -2.13. The number of pyridine rings is 1. The van der Waals surface area contributed by atoms with Crippen LogP contribution >= 0.6 is 0 Å². The van der Waals surface area contributed by atoms with Gasteiger partial charge in [-0.15, -0.1) is 0 Å². The van der Waals surface area contributed by atoms with Crippen molar-refractivity contribution in [3.63, 3.8) is 0 Å². The maximum absolute atomic E-state index is 12.7. The lowest BCUT2D eigenvalue weighted by molar-refractivity contribution is -0.384. The van der Waals surface area contributed by atoms with Crippen molar-refractivity contribution >= 4 is 17.5 Å². The predicted molar refractivity (Wildman–Crippen MR) is 56.2 cm³/mol. The van der Waals surface area contributed by atoms with Gasteiger partial charge in [-0.3, -0.25) is 10.1 Å². The third-order valence-electron chi connectivity index (χ3n) is 1.96. The number of hydrogen-bond acceptors (Lipinski definition) is 6. The van der Waals surface area contributed by atoms with Crippen LogP contribution in [-0.4, -0.2) is 22.5 Å². The Labute approximate surface area is 99.7 Å². The fraction of sp³-hybridized carbons (Fsp3) is 0.333. The van der Waals surface area contributed by atoms with E-state index in [2.05, 4.69) is 9.72 Å². The second-order valence-corrected chi connectivity index (χ2v) is 3.11. The number of anilines is 1. The molecule has 0 aliphatic rings. The van der Waals surface area contributed by atoms with Gasteiger partial charge in [0.05, 0.1) is 17.1 Å².